The van der Waals surface area contributed by atoms with Crippen molar-refractivity contribution in [2.75, 3.05) is 6.61 Å². The van der Waals surface area contributed by atoms with Gasteiger partial charge in [0.15, 0.2) is 0 Å². The maximum absolute atomic E-state index is 5.38. The average Bonchev–Trinajstić information content (AvgIpc) is 2.65. The third-order valence-corrected chi connectivity index (χ3v) is 2.38. The molecule has 13 heavy (non-hydrogen) atoms. The number of rotatable bonds is 0. The predicted octanol–water partition coefficient (Wildman–Crippen LogP) is 1.03. The molecular formula is C9H9N3O. The minimum Gasteiger partial charge on any atom is -0.376 e. The Labute approximate surface area is 75.0 Å². The second-order valence-corrected chi connectivity index (χ2v) is 3.15. The number of hydrogen-bond acceptors (Lipinski definition) is 3. The van der Waals surface area contributed by atoms with Crippen molar-refractivity contribution >= 4 is 11.0 Å². The monoisotopic (exact) mass is 175 g/mol. The number of nitrogens with zero attached hydrogens (tertiary/aromatic N) is 2. The summed E-state index contributed by atoms with van der Waals surface area (Å²) in [5, 5.41) is 0. The van der Waals surface area contributed by atoms with Gasteiger partial charge in [-0.25, -0.2) is 4.98 Å². The van der Waals surface area contributed by atoms with E-state index in [4.69, 9.17) is 4.74 Å². The van der Waals surface area contributed by atoms with E-state index in [0.717, 1.165) is 35.3 Å². The van der Waals surface area contributed by atoms with Crippen LogP contribution in [-0.2, 0) is 17.8 Å². The zero-order chi connectivity index (χ0) is 8.67. The lowest BCUT2D eigenvalue weighted by Gasteiger charge is -2.14. The quantitative estimate of drug-likeness (QED) is 0.650. The number of imidazole rings is 1. The number of aromatic amines is 1. The smallest absolute Gasteiger partial charge is 0.0971 e. The van der Waals surface area contributed by atoms with Crippen LogP contribution in [0.25, 0.3) is 11.0 Å². The molecule has 1 aliphatic heterocycles. The summed E-state index contributed by atoms with van der Waals surface area (Å²) < 4.78 is 5.38. The van der Waals surface area contributed by atoms with Gasteiger partial charge in [-0.1, -0.05) is 0 Å². The van der Waals surface area contributed by atoms with Gasteiger partial charge in [0.1, 0.15) is 0 Å². The van der Waals surface area contributed by atoms with Crippen LogP contribution in [0.2, 0.25) is 0 Å². The first kappa shape index (κ1) is 7.03. The van der Waals surface area contributed by atoms with Gasteiger partial charge in [0.25, 0.3) is 0 Å². The highest BCUT2D eigenvalue weighted by Gasteiger charge is 2.14. The van der Waals surface area contributed by atoms with Crippen LogP contribution in [0.4, 0.5) is 0 Å². The third-order valence-electron chi connectivity index (χ3n) is 2.38. The van der Waals surface area contributed by atoms with Gasteiger partial charge in [-0.2, -0.15) is 0 Å². The maximum Gasteiger partial charge on any atom is 0.0971 e. The molecule has 0 atom stereocenters. The van der Waals surface area contributed by atoms with E-state index in [2.05, 4.69) is 15.0 Å². The Kier molecular flexibility index (Phi) is 1.37. The van der Waals surface area contributed by atoms with Crippen LogP contribution in [0, 0.1) is 0 Å². The molecule has 2 aromatic heterocycles. The molecule has 4 heteroatoms. The lowest BCUT2D eigenvalue weighted by Crippen LogP contribution is -2.11. The Morgan fingerprint density at radius 3 is 3.38 bits per heavy atom. The molecule has 2 aromatic rings. The van der Waals surface area contributed by atoms with Crippen molar-refractivity contribution in [2.24, 2.45) is 0 Å². The van der Waals surface area contributed by atoms with Crippen LogP contribution in [-0.4, -0.2) is 21.6 Å². The Bertz CT molecular complexity index is 449. The lowest BCUT2D eigenvalue weighted by molar-refractivity contribution is 0.110. The molecule has 0 fully saturated rings. The Hall–Kier alpha value is -1.42. The van der Waals surface area contributed by atoms with Gasteiger partial charge >= 0.3 is 0 Å². The molecule has 0 spiro atoms. The molecule has 3 rings (SSSR count). The number of pyridine rings is 1. The van der Waals surface area contributed by atoms with Crippen molar-refractivity contribution < 1.29 is 4.74 Å². The highest BCUT2D eigenvalue weighted by Crippen LogP contribution is 2.21. The largest absolute Gasteiger partial charge is 0.376 e. The molecule has 1 aliphatic rings. The first-order chi connectivity index (χ1) is 6.45. The first-order valence-electron chi connectivity index (χ1n) is 4.33. The third kappa shape index (κ3) is 0.954. The second-order valence-electron chi connectivity index (χ2n) is 3.15. The van der Waals surface area contributed by atoms with E-state index >= 15 is 0 Å². The van der Waals surface area contributed by atoms with Crippen LogP contribution in [0.5, 0.6) is 0 Å². The van der Waals surface area contributed by atoms with Gasteiger partial charge in [-0.3, -0.25) is 4.98 Å². The van der Waals surface area contributed by atoms with Crippen molar-refractivity contribution in [3.8, 4) is 0 Å². The number of ether oxygens (including phenoxy) is 1. The molecule has 4 nitrogen and oxygen atoms in total. The highest BCUT2D eigenvalue weighted by atomic mass is 16.5. The lowest BCUT2D eigenvalue weighted by atomic mass is 10.1. The van der Waals surface area contributed by atoms with Gasteiger partial charge in [-0.15, -0.1) is 0 Å². The molecule has 0 radical (unpaired) electrons. The molecule has 0 saturated carbocycles. The van der Waals surface area contributed by atoms with Crippen molar-refractivity contribution in [3.05, 3.63) is 23.8 Å². The van der Waals surface area contributed by atoms with Crippen LogP contribution in [0.15, 0.2) is 12.5 Å². The molecule has 3 heterocycles. The number of fused-ring (bicyclic) bond motifs is 3. The number of H-pyrrole nitrogens is 1. The topological polar surface area (TPSA) is 50.8 Å². The maximum atomic E-state index is 5.38. The van der Waals surface area contributed by atoms with Gasteiger partial charge in [0.05, 0.1) is 42.5 Å². The Balaban J connectivity index is 2.34. The normalized spacial score (nSPS) is 16.0. The summed E-state index contributed by atoms with van der Waals surface area (Å²) in [7, 11) is 0. The minimum atomic E-state index is 0.643. The Morgan fingerprint density at radius 1 is 1.38 bits per heavy atom. The summed E-state index contributed by atoms with van der Waals surface area (Å²) in [4.78, 5) is 11.7. The fourth-order valence-electron chi connectivity index (χ4n) is 1.71. The van der Waals surface area contributed by atoms with Crippen molar-refractivity contribution in [1.29, 1.82) is 0 Å². The molecule has 66 valence electrons. The summed E-state index contributed by atoms with van der Waals surface area (Å²) in [6.45, 7) is 1.42. The van der Waals surface area contributed by atoms with E-state index in [1.165, 1.54) is 0 Å². The van der Waals surface area contributed by atoms with Crippen LogP contribution in [0.1, 0.15) is 11.3 Å². The minimum absolute atomic E-state index is 0.643. The average molecular weight is 175 g/mol. The molecule has 1 N–H and O–H groups in total. The van der Waals surface area contributed by atoms with Crippen molar-refractivity contribution in [2.45, 2.75) is 13.0 Å². The number of aromatic nitrogens is 3. The predicted molar refractivity (Wildman–Crippen MR) is 47.2 cm³/mol. The summed E-state index contributed by atoms with van der Waals surface area (Å²) in [6.07, 6.45) is 4.44. The fourth-order valence-corrected chi connectivity index (χ4v) is 1.71. The summed E-state index contributed by atoms with van der Waals surface area (Å²) >= 11 is 0. The molecule has 0 aromatic carbocycles. The van der Waals surface area contributed by atoms with Crippen LogP contribution in [0.3, 0.4) is 0 Å². The molecular weight excluding hydrogens is 166 g/mol. The summed E-state index contributed by atoms with van der Waals surface area (Å²) in [5.74, 6) is 0. The summed E-state index contributed by atoms with van der Waals surface area (Å²) in [6, 6.07) is 0. The molecule has 0 bridgehead atoms. The molecule has 0 saturated heterocycles. The first-order valence-corrected chi connectivity index (χ1v) is 4.33. The molecule has 0 unspecified atom stereocenters. The summed E-state index contributed by atoms with van der Waals surface area (Å²) in [5.41, 5.74) is 4.27. The van der Waals surface area contributed by atoms with Crippen LogP contribution >= 0.6 is 0 Å². The van der Waals surface area contributed by atoms with E-state index in [9.17, 15) is 0 Å². The number of hydrogen-bond donors (Lipinski definition) is 1. The zero-order valence-corrected chi connectivity index (χ0v) is 7.08. The van der Waals surface area contributed by atoms with Gasteiger partial charge in [0.2, 0.25) is 0 Å². The van der Waals surface area contributed by atoms with E-state index < -0.39 is 0 Å². The molecule has 0 aliphatic carbocycles. The standard InChI is InChI=1S/C9H9N3O/c1-2-13-4-6-7(1)10-3-8-9(6)12-5-11-8/h3,5H,1-2,4H2,(H,11,12). The second kappa shape index (κ2) is 2.53. The van der Waals surface area contributed by atoms with E-state index in [0.29, 0.717) is 6.61 Å². The fraction of sp³-hybridized carbons (Fsp3) is 0.333. The van der Waals surface area contributed by atoms with Crippen molar-refractivity contribution in [1.82, 2.24) is 15.0 Å². The SMILES string of the molecule is c1nc2c3c(ncc2[nH]1)CCOC3. The van der Waals surface area contributed by atoms with E-state index in [-0.39, 0.29) is 0 Å². The zero-order valence-electron chi connectivity index (χ0n) is 7.08. The van der Waals surface area contributed by atoms with Gasteiger partial charge in [-0.05, 0) is 0 Å². The Morgan fingerprint density at radius 2 is 2.38 bits per heavy atom. The van der Waals surface area contributed by atoms with E-state index in [1.54, 1.807) is 6.33 Å². The van der Waals surface area contributed by atoms with Gasteiger partial charge in [0, 0.05) is 12.0 Å². The van der Waals surface area contributed by atoms with Crippen molar-refractivity contribution in [3.63, 3.8) is 0 Å². The van der Waals surface area contributed by atoms with Crippen LogP contribution < -0.4 is 0 Å². The molecule has 0 amide bonds. The number of nitrogens with one attached hydrogen (secondary N) is 1. The highest BCUT2D eigenvalue weighted by molar-refractivity contribution is 5.78. The van der Waals surface area contributed by atoms with E-state index in [1.807, 2.05) is 6.20 Å². The van der Waals surface area contributed by atoms with Gasteiger partial charge < -0.3 is 9.72 Å².